The lowest BCUT2D eigenvalue weighted by Gasteiger charge is -2.30. The second kappa shape index (κ2) is 6.25. The molecule has 0 aromatic heterocycles. The van der Waals surface area contributed by atoms with Crippen molar-refractivity contribution >= 4 is 33.2 Å². The first-order chi connectivity index (χ1) is 9.80. The number of anilines is 2. The van der Waals surface area contributed by atoms with Crippen LogP contribution in [0.15, 0.2) is 22.7 Å². The molecule has 2 rings (SSSR count). The van der Waals surface area contributed by atoms with Gasteiger partial charge in [-0.3, -0.25) is 4.79 Å². The molecule has 0 radical (unpaired) electrons. The number of halogens is 4. The van der Waals surface area contributed by atoms with Crippen molar-refractivity contribution in [2.45, 2.75) is 25.4 Å². The minimum absolute atomic E-state index is 0.213. The van der Waals surface area contributed by atoms with Gasteiger partial charge in [0.1, 0.15) is 0 Å². The Morgan fingerprint density at radius 2 is 1.86 bits per heavy atom. The Hall–Kier alpha value is -1.24. The first-order valence-corrected chi connectivity index (χ1v) is 7.49. The van der Waals surface area contributed by atoms with Gasteiger partial charge in [0, 0.05) is 30.3 Å². The van der Waals surface area contributed by atoms with Crippen molar-refractivity contribution in [2.75, 3.05) is 29.9 Å². The van der Waals surface area contributed by atoms with Crippen molar-refractivity contribution in [3.05, 3.63) is 22.7 Å². The molecule has 1 aliphatic rings. The summed E-state index contributed by atoms with van der Waals surface area (Å²) >= 11 is 3.39. The molecule has 1 fully saturated rings. The maximum Gasteiger partial charge on any atom is 0.471 e. The van der Waals surface area contributed by atoms with Gasteiger partial charge in [0.25, 0.3) is 0 Å². The fourth-order valence-electron chi connectivity index (χ4n) is 2.40. The zero-order chi connectivity index (χ0) is 15.6. The Morgan fingerprint density at radius 1 is 1.24 bits per heavy atom. The van der Waals surface area contributed by atoms with E-state index < -0.39 is 12.1 Å². The van der Waals surface area contributed by atoms with Gasteiger partial charge in [-0.15, -0.1) is 0 Å². The minimum atomic E-state index is -4.87. The van der Waals surface area contributed by atoms with Crippen LogP contribution in [0.4, 0.5) is 24.5 Å². The average molecular weight is 365 g/mol. The van der Waals surface area contributed by atoms with Gasteiger partial charge < -0.3 is 9.80 Å². The third-order valence-corrected chi connectivity index (χ3v) is 4.20. The van der Waals surface area contributed by atoms with Gasteiger partial charge in [0.05, 0.1) is 5.69 Å². The third-order valence-electron chi connectivity index (χ3n) is 3.56. The number of alkyl halides is 3. The van der Waals surface area contributed by atoms with Crippen molar-refractivity contribution in [2.24, 2.45) is 0 Å². The van der Waals surface area contributed by atoms with E-state index in [4.69, 9.17) is 0 Å². The number of piperidine rings is 1. The average Bonchev–Trinajstić information content (AvgIpc) is 2.45. The van der Waals surface area contributed by atoms with Crippen LogP contribution in [0.2, 0.25) is 0 Å². The number of hydrogen-bond acceptors (Lipinski definition) is 2. The summed E-state index contributed by atoms with van der Waals surface area (Å²) in [6, 6.07) is 4.84. The summed E-state index contributed by atoms with van der Waals surface area (Å²) in [4.78, 5) is 14.1. The second-order valence-electron chi connectivity index (χ2n) is 5.05. The van der Waals surface area contributed by atoms with Gasteiger partial charge in [-0.1, -0.05) is 0 Å². The number of hydrogen-bond donors (Lipinski definition) is 0. The van der Waals surface area contributed by atoms with Crippen LogP contribution in [0.3, 0.4) is 0 Å². The Balaban J connectivity index is 2.20. The largest absolute Gasteiger partial charge is 0.471 e. The van der Waals surface area contributed by atoms with Gasteiger partial charge >= 0.3 is 12.1 Å². The zero-order valence-electron chi connectivity index (χ0n) is 11.6. The summed E-state index contributed by atoms with van der Waals surface area (Å²) in [6.07, 6.45) is -1.44. The summed E-state index contributed by atoms with van der Waals surface area (Å²) in [7, 11) is 1.12. The van der Waals surface area contributed by atoms with Gasteiger partial charge in [-0.05, 0) is 53.4 Å². The van der Waals surface area contributed by atoms with Crippen molar-refractivity contribution in [1.82, 2.24) is 0 Å². The molecule has 0 aliphatic carbocycles. The molecule has 1 aromatic carbocycles. The van der Waals surface area contributed by atoms with Crippen LogP contribution in [-0.4, -0.2) is 32.2 Å². The number of amides is 1. The molecule has 116 valence electrons. The van der Waals surface area contributed by atoms with Crippen molar-refractivity contribution in [1.29, 1.82) is 0 Å². The van der Waals surface area contributed by atoms with E-state index >= 15 is 0 Å². The molecule has 0 atom stereocenters. The van der Waals surface area contributed by atoms with E-state index in [1.807, 2.05) is 0 Å². The summed E-state index contributed by atoms with van der Waals surface area (Å²) < 4.78 is 38.0. The smallest absolute Gasteiger partial charge is 0.371 e. The predicted octanol–water partition coefficient (Wildman–Crippen LogP) is 3.96. The Kier molecular flexibility index (Phi) is 4.81. The molecule has 0 saturated carbocycles. The Labute approximate surface area is 129 Å². The van der Waals surface area contributed by atoms with Crippen LogP contribution in [0, 0.1) is 0 Å². The second-order valence-corrected chi connectivity index (χ2v) is 5.90. The fourth-order valence-corrected chi connectivity index (χ4v) is 3.02. The highest BCUT2D eigenvalue weighted by Crippen LogP contribution is 2.33. The number of rotatable bonds is 2. The fraction of sp³-hybridized carbons (Fsp3) is 0.500. The standard InChI is InChI=1S/C14H16BrF3N2O/c1-19(13(21)14(16,17)18)10-5-6-12(11(15)9-10)20-7-3-2-4-8-20/h5-6,9H,2-4,7-8H2,1H3. The topological polar surface area (TPSA) is 23.6 Å². The molecular weight excluding hydrogens is 349 g/mol. The number of benzene rings is 1. The molecule has 1 saturated heterocycles. The minimum Gasteiger partial charge on any atom is -0.371 e. The van der Waals surface area contributed by atoms with Gasteiger partial charge in [-0.2, -0.15) is 13.2 Å². The molecular formula is C14H16BrF3N2O. The number of nitrogens with zero attached hydrogens (tertiary/aromatic N) is 2. The van der Waals surface area contributed by atoms with Crippen LogP contribution in [0.1, 0.15) is 19.3 Å². The first-order valence-electron chi connectivity index (χ1n) is 6.70. The lowest BCUT2D eigenvalue weighted by atomic mass is 10.1. The van der Waals surface area contributed by atoms with Crippen LogP contribution < -0.4 is 9.80 Å². The van der Waals surface area contributed by atoms with E-state index in [0.717, 1.165) is 38.7 Å². The molecule has 1 heterocycles. The first kappa shape index (κ1) is 16.1. The van der Waals surface area contributed by atoms with Crippen LogP contribution in [-0.2, 0) is 4.79 Å². The van der Waals surface area contributed by atoms with E-state index in [1.165, 1.54) is 6.42 Å². The van der Waals surface area contributed by atoms with Crippen LogP contribution in [0.25, 0.3) is 0 Å². The summed E-state index contributed by atoms with van der Waals surface area (Å²) in [5, 5.41) is 0. The molecule has 0 bridgehead atoms. The highest BCUT2D eigenvalue weighted by molar-refractivity contribution is 9.10. The molecule has 1 aromatic rings. The molecule has 1 aliphatic heterocycles. The molecule has 21 heavy (non-hydrogen) atoms. The van der Waals surface area contributed by atoms with Crippen LogP contribution >= 0.6 is 15.9 Å². The number of carbonyl (C=O) groups is 1. The monoisotopic (exact) mass is 364 g/mol. The van der Waals surface area contributed by atoms with Crippen LogP contribution in [0.5, 0.6) is 0 Å². The molecule has 3 nitrogen and oxygen atoms in total. The quantitative estimate of drug-likeness (QED) is 0.792. The van der Waals surface area contributed by atoms with Crippen molar-refractivity contribution in [3.63, 3.8) is 0 Å². The summed E-state index contributed by atoms with van der Waals surface area (Å²) in [5.74, 6) is -1.87. The molecule has 7 heteroatoms. The van der Waals surface area contributed by atoms with Gasteiger partial charge in [-0.25, -0.2) is 0 Å². The summed E-state index contributed by atoms with van der Waals surface area (Å²) in [6.45, 7) is 1.88. The van der Waals surface area contributed by atoms with Crippen molar-refractivity contribution in [3.8, 4) is 0 Å². The third kappa shape index (κ3) is 3.70. The van der Waals surface area contributed by atoms with E-state index in [9.17, 15) is 18.0 Å². The SMILES string of the molecule is CN(C(=O)C(F)(F)F)c1ccc(N2CCCCC2)c(Br)c1. The summed E-state index contributed by atoms with van der Waals surface area (Å²) in [5.41, 5.74) is 1.16. The maximum atomic E-state index is 12.4. The van der Waals surface area contributed by atoms with Gasteiger partial charge in [0.15, 0.2) is 0 Å². The molecule has 0 spiro atoms. The zero-order valence-corrected chi connectivity index (χ0v) is 13.2. The Morgan fingerprint density at radius 3 is 2.38 bits per heavy atom. The number of carbonyl (C=O) groups excluding carboxylic acids is 1. The molecule has 0 unspecified atom stereocenters. The van der Waals surface area contributed by atoms with Gasteiger partial charge in [0.2, 0.25) is 0 Å². The lowest BCUT2D eigenvalue weighted by molar-refractivity contribution is -0.170. The van der Waals surface area contributed by atoms with Crippen molar-refractivity contribution < 1.29 is 18.0 Å². The molecule has 1 amide bonds. The van der Waals surface area contributed by atoms with E-state index in [2.05, 4.69) is 20.8 Å². The normalized spacial score (nSPS) is 16.0. The predicted molar refractivity (Wildman–Crippen MR) is 79.7 cm³/mol. The highest BCUT2D eigenvalue weighted by atomic mass is 79.9. The molecule has 0 N–H and O–H groups in total. The van der Waals surface area contributed by atoms with E-state index in [1.54, 1.807) is 18.2 Å². The van der Waals surface area contributed by atoms with E-state index in [0.29, 0.717) is 9.37 Å². The van der Waals surface area contributed by atoms with E-state index in [-0.39, 0.29) is 5.69 Å². The highest BCUT2D eigenvalue weighted by Gasteiger charge is 2.41. The Bertz CT molecular complexity index is 527. The maximum absolute atomic E-state index is 12.4. The lowest BCUT2D eigenvalue weighted by Crippen LogP contribution is -2.38.